The minimum absolute atomic E-state index is 0.212. The van der Waals surface area contributed by atoms with Crippen LogP contribution < -0.4 is 16.4 Å². The predicted octanol–water partition coefficient (Wildman–Crippen LogP) is 0.0527. The van der Waals surface area contributed by atoms with E-state index in [1.54, 1.807) is 0 Å². The molecule has 1 fully saturated rings. The largest absolute Gasteiger partial charge is 0.396 e. The Labute approximate surface area is 109 Å². The fourth-order valence-corrected chi connectivity index (χ4v) is 3.03. The third-order valence-corrected chi connectivity index (χ3v) is 4.33. The molecule has 1 amide bonds. The number of nitrogen functional groups attached to an aromatic ring is 1. The molecule has 2 heterocycles. The second kappa shape index (κ2) is 4.84. The lowest BCUT2D eigenvalue weighted by Crippen LogP contribution is -2.44. The first kappa shape index (κ1) is 12.7. The highest BCUT2D eigenvalue weighted by Gasteiger charge is 2.24. The molecule has 1 aliphatic rings. The molecule has 0 radical (unpaired) electrons. The van der Waals surface area contributed by atoms with E-state index in [1.807, 2.05) is 0 Å². The van der Waals surface area contributed by atoms with Crippen LogP contribution in [0.1, 0.15) is 15.2 Å². The number of carbonyl (C=O) groups is 1. The molecule has 0 aliphatic carbocycles. The van der Waals surface area contributed by atoms with E-state index >= 15 is 0 Å². The van der Waals surface area contributed by atoms with Gasteiger partial charge in [0.15, 0.2) is 0 Å². The van der Waals surface area contributed by atoms with Crippen LogP contribution in [0.25, 0.3) is 0 Å². The Hall–Kier alpha value is -1.78. The number of hydrogen-bond acceptors (Lipinski definition) is 6. The fourth-order valence-electron chi connectivity index (χ4n) is 1.95. The molecule has 1 saturated heterocycles. The van der Waals surface area contributed by atoms with Gasteiger partial charge < -0.3 is 21.3 Å². The quantitative estimate of drug-likeness (QED) is 0.787. The topological polar surface area (TPSA) is 99.4 Å². The molecule has 1 aromatic rings. The smallest absolute Gasteiger partial charge is 0.261 e. The number of thiophene rings is 1. The summed E-state index contributed by atoms with van der Waals surface area (Å²) < 4.78 is 0. The Bertz CT molecular complexity index is 510. The van der Waals surface area contributed by atoms with Crippen LogP contribution in [0.15, 0.2) is 0 Å². The van der Waals surface area contributed by atoms with Crippen LogP contribution in [-0.4, -0.2) is 44.0 Å². The minimum Gasteiger partial charge on any atom is -0.396 e. The van der Waals surface area contributed by atoms with Crippen molar-refractivity contribution in [3.63, 3.8) is 0 Å². The third-order valence-electron chi connectivity index (χ3n) is 3.05. The minimum atomic E-state index is -0.575. The van der Waals surface area contributed by atoms with Crippen molar-refractivity contribution in [1.82, 2.24) is 4.90 Å². The van der Waals surface area contributed by atoms with Gasteiger partial charge in [-0.05, 0) is 7.05 Å². The Morgan fingerprint density at radius 2 is 2.00 bits per heavy atom. The van der Waals surface area contributed by atoms with Gasteiger partial charge in [0.2, 0.25) is 0 Å². The van der Waals surface area contributed by atoms with Gasteiger partial charge >= 0.3 is 0 Å². The number of likely N-dealkylation sites (N-methyl/N-ethyl adjacent to an activating group) is 1. The number of amides is 1. The number of rotatable bonds is 2. The summed E-state index contributed by atoms with van der Waals surface area (Å²) in [5, 5.41) is 9.93. The maximum Gasteiger partial charge on any atom is 0.261 e. The highest BCUT2D eigenvalue weighted by molar-refractivity contribution is 7.19. The molecule has 0 spiro atoms. The predicted molar refractivity (Wildman–Crippen MR) is 71.7 cm³/mol. The van der Waals surface area contributed by atoms with E-state index < -0.39 is 5.91 Å². The van der Waals surface area contributed by atoms with Crippen molar-refractivity contribution in [2.24, 2.45) is 5.73 Å². The molecule has 4 N–H and O–H groups in total. The molecule has 96 valence electrons. The number of primary amides is 1. The first-order valence-electron chi connectivity index (χ1n) is 5.60. The van der Waals surface area contributed by atoms with Gasteiger partial charge in [0.1, 0.15) is 21.5 Å². The van der Waals surface area contributed by atoms with E-state index in [1.165, 1.54) is 11.3 Å². The van der Waals surface area contributed by atoms with Crippen LogP contribution in [0.3, 0.4) is 0 Å². The van der Waals surface area contributed by atoms with Gasteiger partial charge in [-0.25, -0.2) is 0 Å². The first-order valence-corrected chi connectivity index (χ1v) is 6.42. The van der Waals surface area contributed by atoms with E-state index in [0.29, 0.717) is 5.56 Å². The second-order valence-corrected chi connectivity index (χ2v) is 5.29. The lowest BCUT2D eigenvalue weighted by atomic mass is 10.2. The Morgan fingerprint density at radius 3 is 2.50 bits per heavy atom. The summed E-state index contributed by atoms with van der Waals surface area (Å²) in [7, 11) is 2.06. The van der Waals surface area contributed by atoms with Crippen LogP contribution in [0.4, 0.5) is 10.7 Å². The van der Waals surface area contributed by atoms with Gasteiger partial charge in [0.05, 0.1) is 5.69 Å². The maximum absolute atomic E-state index is 11.3. The number of piperazine rings is 1. The van der Waals surface area contributed by atoms with E-state index in [-0.39, 0.29) is 10.6 Å². The summed E-state index contributed by atoms with van der Waals surface area (Å²) in [5.41, 5.74) is 11.6. The molecule has 2 rings (SSSR count). The molecule has 6 nitrogen and oxygen atoms in total. The summed E-state index contributed by atoms with van der Waals surface area (Å²) >= 11 is 1.21. The van der Waals surface area contributed by atoms with Gasteiger partial charge in [0, 0.05) is 26.2 Å². The standard InChI is InChI=1S/C11H15N5OS/c1-15-2-4-16(5-3-15)11-7(6-12)8(13)9(18-11)10(14)17/h2-5,13H2,1H3,(H2,14,17). The van der Waals surface area contributed by atoms with E-state index in [4.69, 9.17) is 16.7 Å². The summed E-state index contributed by atoms with van der Waals surface area (Å²) in [4.78, 5) is 15.8. The molecule has 18 heavy (non-hydrogen) atoms. The Balaban J connectivity index is 2.36. The molecule has 7 heteroatoms. The van der Waals surface area contributed by atoms with Crippen molar-refractivity contribution in [2.75, 3.05) is 43.9 Å². The van der Waals surface area contributed by atoms with Gasteiger partial charge in [-0.1, -0.05) is 0 Å². The van der Waals surface area contributed by atoms with Gasteiger partial charge in [-0.3, -0.25) is 4.79 Å². The van der Waals surface area contributed by atoms with Gasteiger partial charge in [-0.2, -0.15) is 5.26 Å². The van der Waals surface area contributed by atoms with Crippen LogP contribution in [0, 0.1) is 11.3 Å². The molecule has 1 aliphatic heterocycles. The normalized spacial score (nSPS) is 16.6. The summed E-state index contributed by atoms with van der Waals surface area (Å²) in [5.74, 6) is -0.575. The van der Waals surface area contributed by atoms with Crippen LogP contribution in [-0.2, 0) is 0 Å². The maximum atomic E-state index is 11.3. The van der Waals surface area contributed by atoms with E-state index in [9.17, 15) is 4.79 Å². The van der Waals surface area contributed by atoms with Crippen LogP contribution in [0.5, 0.6) is 0 Å². The molecule has 0 bridgehead atoms. The molecular formula is C11H15N5OS. The molecule has 0 atom stereocenters. The zero-order chi connectivity index (χ0) is 13.3. The number of carbonyl (C=O) groups excluding carboxylic acids is 1. The number of nitriles is 1. The summed E-state index contributed by atoms with van der Waals surface area (Å²) in [6, 6.07) is 2.07. The monoisotopic (exact) mass is 265 g/mol. The molecule has 1 aromatic heterocycles. The third kappa shape index (κ3) is 2.12. The molecule has 0 aromatic carbocycles. The Kier molecular flexibility index (Phi) is 3.41. The average Bonchev–Trinajstić information content (AvgIpc) is 2.67. The average molecular weight is 265 g/mol. The second-order valence-electron chi connectivity index (χ2n) is 4.29. The zero-order valence-electron chi connectivity index (χ0n) is 10.1. The SMILES string of the molecule is CN1CCN(c2sc(C(N)=O)c(N)c2C#N)CC1. The summed E-state index contributed by atoms with van der Waals surface area (Å²) in [6.45, 7) is 3.50. The highest BCUT2D eigenvalue weighted by Crippen LogP contribution is 2.37. The number of nitrogens with two attached hydrogens (primary N) is 2. The van der Waals surface area contributed by atoms with E-state index in [0.717, 1.165) is 31.2 Å². The van der Waals surface area contributed by atoms with Crippen molar-refractivity contribution in [2.45, 2.75) is 0 Å². The van der Waals surface area contributed by atoms with Crippen molar-refractivity contribution in [3.05, 3.63) is 10.4 Å². The van der Waals surface area contributed by atoms with E-state index in [2.05, 4.69) is 22.9 Å². The lowest BCUT2D eigenvalue weighted by molar-refractivity contribution is 0.100. The fraction of sp³-hybridized carbons (Fsp3) is 0.455. The number of nitrogens with zero attached hydrogens (tertiary/aromatic N) is 3. The lowest BCUT2D eigenvalue weighted by Gasteiger charge is -2.33. The van der Waals surface area contributed by atoms with Crippen LogP contribution >= 0.6 is 11.3 Å². The first-order chi connectivity index (χ1) is 8.54. The van der Waals surface area contributed by atoms with Gasteiger partial charge in [-0.15, -0.1) is 11.3 Å². The number of anilines is 2. The number of hydrogen-bond donors (Lipinski definition) is 2. The molecule has 0 saturated carbocycles. The van der Waals surface area contributed by atoms with Crippen molar-refractivity contribution in [1.29, 1.82) is 5.26 Å². The van der Waals surface area contributed by atoms with Crippen molar-refractivity contribution < 1.29 is 4.79 Å². The Morgan fingerprint density at radius 1 is 1.39 bits per heavy atom. The molecule has 0 unspecified atom stereocenters. The van der Waals surface area contributed by atoms with Crippen LogP contribution in [0.2, 0.25) is 0 Å². The highest BCUT2D eigenvalue weighted by atomic mass is 32.1. The summed E-state index contributed by atoms with van der Waals surface area (Å²) in [6.07, 6.45) is 0. The zero-order valence-corrected chi connectivity index (χ0v) is 11.0. The van der Waals surface area contributed by atoms with Gasteiger partial charge in [0.25, 0.3) is 5.91 Å². The molecular weight excluding hydrogens is 250 g/mol. The van der Waals surface area contributed by atoms with Crippen molar-refractivity contribution in [3.8, 4) is 6.07 Å². The van der Waals surface area contributed by atoms with Crippen molar-refractivity contribution >= 4 is 27.9 Å².